The lowest BCUT2D eigenvalue weighted by Crippen LogP contribution is -1.93. The average Bonchev–Trinajstić information content (AvgIpc) is 2.09. The van der Waals surface area contributed by atoms with Gasteiger partial charge >= 0.3 is 0 Å². The second-order valence-corrected chi connectivity index (χ2v) is 4.58. The Morgan fingerprint density at radius 1 is 1.54 bits per heavy atom. The van der Waals surface area contributed by atoms with E-state index in [-0.39, 0.29) is 0 Å². The monoisotopic (exact) mass is 261 g/mol. The van der Waals surface area contributed by atoms with Gasteiger partial charge in [-0.1, -0.05) is 15.9 Å². The van der Waals surface area contributed by atoms with E-state index in [1.165, 1.54) is 0 Å². The van der Waals surface area contributed by atoms with Crippen molar-refractivity contribution in [3.63, 3.8) is 0 Å². The third-order valence-electron chi connectivity index (χ3n) is 1.52. The quantitative estimate of drug-likeness (QED) is 0.515. The van der Waals surface area contributed by atoms with Gasteiger partial charge in [-0.05, 0) is 18.2 Å². The van der Waals surface area contributed by atoms with Crippen molar-refractivity contribution in [2.24, 2.45) is 0 Å². The number of rotatable bonds is 4. The van der Waals surface area contributed by atoms with E-state index < -0.39 is 0 Å². The number of nitrogens with two attached hydrogens (primary N) is 1. The molecule has 72 valence electrons. The van der Waals surface area contributed by atoms with E-state index >= 15 is 0 Å². The molecule has 1 aromatic carbocycles. The summed E-state index contributed by atoms with van der Waals surface area (Å²) in [5.74, 6) is 0.933. The molecule has 2 nitrogen and oxygen atoms in total. The van der Waals surface area contributed by atoms with E-state index in [0.29, 0.717) is 0 Å². The van der Waals surface area contributed by atoms with Crippen LogP contribution in [0.5, 0.6) is 0 Å². The maximum atomic E-state index is 5.81. The number of hydrogen-bond acceptors (Lipinski definition) is 3. The molecule has 0 aromatic heterocycles. The Morgan fingerprint density at radius 3 is 2.92 bits per heavy atom. The van der Waals surface area contributed by atoms with Gasteiger partial charge in [0.15, 0.2) is 0 Å². The second kappa shape index (κ2) is 5.52. The van der Waals surface area contributed by atoms with Crippen LogP contribution < -0.4 is 5.73 Å². The highest BCUT2D eigenvalue weighted by atomic mass is 79.9. The summed E-state index contributed by atoms with van der Waals surface area (Å²) in [6.07, 6.45) is 0. The van der Waals surface area contributed by atoms with E-state index in [9.17, 15) is 0 Å². The minimum absolute atomic E-state index is 0.750. The van der Waals surface area contributed by atoms with Crippen molar-refractivity contribution in [3.05, 3.63) is 22.7 Å². The van der Waals surface area contributed by atoms with E-state index in [1.807, 2.05) is 18.2 Å². The van der Waals surface area contributed by atoms with Gasteiger partial charge in [-0.2, -0.15) is 0 Å². The van der Waals surface area contributed by atoms with E-state index in [4.69, 9.17) is 10.5 Å². The van der Waals surface area contributed by atoms with Crippen LogP contribution in [0.25, 0.3) is 0 Å². The predicted molar refractivity (Wildman–Crippen MR) is 61.2 cm³/mol. The number of benzene rings is 1. The normalized spacial score (nSPS) is 10.3. The first-order valence-electron chi connectivity index (χ1n) is 3.91. The van der Waals surface area contributed by atoms with Gasteiger partial charge in [-0.3, -0.25) is 0 Å². The Morgan fingerprint density at radius 2 is 2.31 bits per heavy atom. The number of thioether (sulfide) groups is 1. The Labute approximate surface area is 91.0 Å². The van der Waals surface area contributed by atoms with Gasteiger partial charge in [0, 0.05) is 27.9 Å². The lowest BCUT2D eigenvalue weighted by molar-refractivity contribution is 0.218. The van der Waals surface area contributed by atoms with Crippen LogP contribution in [0.3, 0.4) is 0 Å². The maximum Gasteiger partial charge on any atom is 0.0556 e. The molecule has 0 aliphatic carbocycles. The standard InChI is InChI=1S/C9H12BrNOS/c1-12-4-5-13-9-3-2-7(10)6-8(9)11/h2-3,6H,4-5,11H2,1H3. The summed E-state index contributed by atoms with van der Waals surface area (Å²) in [6, 6.07) is 5.92. The first kappa shape index (κ1) is 10.9. The summed E-state index contributed by atoms with van der Waals surface area (Å²) in [5, 5.41) is 0. The molecule has 0 aliphatic heterocycles. The maximum absolute atomic E-state index is 5.81. The largest absolute Gasteiger partial charge is 0.398 e. The summed E-state index contributed by atoms with van der Waals surface area (Å²) in [4.78, 5) is 1.11. The molecule has 0 atom stereocenters. The molecule has 0 saturated heterocycles. The molecule has 13 heavy (non-hydrogen) atoms. The zero-order valence-electron chi connectivity index (χ0n) is 7.42. The van der Waals surface area contributed by atoms with Gasteiger partial charge in [0.2, 0.25) is 0 Å². The molecule has 0 radical (unpaired) electrons. The molecule has 0 saturated carbocycles. The van der Waals surface area contributed by atoms with Crippen LogP contribution in [0.15, 0.2) is 27.6 Å². The number of anilines is 1. The summed E-state index contributed by atoms with van der Waals surface area (Å²) >= 11 is 5.07. The van der Waals surface area contributed by atoms with Crippen molar-refractivity contribution in [2.75, 3.05) is 25.2 Å². The molecule has 0 unspecified atom stereocenters. The number of halogens is 1. The van der Waals surface area contributed by atoms with E-state index in [2.05, 4.69) is 15.9 Å². The molecule has 0 bridgehead atoms. The Bertz CT molecular complexity index is 280. The van der Waals surface area contributed by atoms with Crippen LogP contribution >= 0.6 is 27.7 Å². The van der Waals surface area contributed by atoms with E-state index in [0.717, 1.165) is 27.4 Å². The molecular formula is C9H12BrNOS. The first-order chi connectivity index (χ1) is 6.24. The van der Waals surface area contributed by atoms with Crippen molar-refractivity contribution in [2.45, 2.75) is 4.90 Å². The van der Waals surface area contributed by atoms with Gasteiger partial charge in [-0.25, -0.2) is 0 Å². The van der Waals surface area contributed by atoms with Crippen LogP contribution in [-0.4, -0.2) is 19.5 Å². The minimum atomic E-state index is 0.750. The van der Waals surface area contributed by atoms with E-state index in [1.54, 1.807) is 18.9 Å². The van der Waals surface area contributed by atoms with Crippen LogP contribution in [0.2, 0.25) is 0 Å². The highest BCUT2D eigenvalue weighted by Gasteiger charge is 1.99. The number of hydrogen-bond donors (Lipinski definition) is 1. The van der Waals surface area contributed by atoms with Gasteiger partial charge in [0.25, 0.3) is 0 Å². The van der Waals surface area contributed by atoms with Gasteiger partial charge < -0.3 is 10.5 Å². The molecular weight excluding hydrogens is 250 g/mol. The topological polar surface area (TPSA) is 35.2 Å². The van der Waals surface area contributed by atoms with Crippen molar-refractivity contribution in [1.82, 2.24) is 0 Å². The van der Waals surface area contributed by atoms with Gasteiger partial charge in [0.05, 0.1) is 6.61 Å². The number of ether oxygens (including phenoxy) is 1. The fourth-order valence-electron chi connectivity index (χ4n) is 0.886. The highest BCUT2D eigenvalue weighted by Crippen LogP contribution is 2.27. The highest BCUT2D eigenvalue weighted by molar-refractivity contribution is 9.10. The Kier molecular flexibility index (Phi) is 4.62. The third kappa shape index (κ3) is 3.58. The summed E-state index contributed by atoms with van der Waals surface area (Å²) in [5.41, 5.74) is 6.63. The molecule has 0 spiro atoms. The smallest absolute Gasteiger partial charge is 0.0556 e. The molecule has 0 heterocycles. The Balaban J connectivity index is 2.56. The first-order valence-corrected chi connectivity index (χ1v) is 5.68. The zero-order valence-corrected chi connectivity index (χ0v) is 9.82. The number of methoxy groups -OCH3 is 1. The van der Waals surface area contributed by atoms with Crippen LogP contribution in [0, 0.1) is 0 Å². The SMILES string of the molecule is COCCSc1ccc(Br)cc1N. The Hall–Kier alpha value is -0.190. The van der Waals surface area contributed by atoms with Crippen LogP contribution in [0.4, 0.5) is 5.69 Å². The molecule has 0 amide bonds. The van der Waals surface area contributed by atoms with Gasteiger partial charge in [-0.15, -0.1) is 11.8 Å². The van der Waals surface area contributed by atoms with Crippen molar-refractivity contribution in [1.29, 1.82) is 0 Å². The van der Waals surface area contributed by atoms with Crippen molar-refractivity contribution >= 4 is 33.4 Å². The predicted octanol–water partition coefficient (Wildman–Crippen LogP) is 2.77. The lowest BCUT2D eigenvalue weighted by atomic mass is 10.3. The molecule has 4 heteroatoms. The van der Waals surface area contributed by atoms with Crippen molar-refractivity contribution < 1.29 is 4.74 Å². The fourth-order valence-corrected chi connectivity index (χ4v) is 2.12. The average molecular weight is 262 g/mol. The van der Waals surface area contributed by atoms with Gasteiger partial charge in [0.1, 0.15) is 0 Å². The molecule has 2 N–H and O–H groups in total. The molecule has 0 aliphatic rings. The van der Waals surface area contributed by atoms with Crippen LogP contribution in [-0.2, 0) is 4.74 Å². The minimum Gasteiger partial charge on any atom is -0.398 e. The van der Waals surface area contributed by atoms with Crippen LogP contribution in [0.1, 0.15) is 0 Å². The zero-order chi connectivity index (χ0) is 9.68. The molecule has 1 rings (SSSR count). The fraction of sp³-hybridized carbons (Fsp3) is 0.333. The lowest BCUT2D eigenvalue weighted by Gasteiger charge is -2.04. The number of nitrogen functional groups attached to an aromatic ring is 1. The summed E-state index contributed by atoms with van der Waals surface area (Å²) < 4.78 is 5.97. The molecule has 0 fully saturated rings. The summed E-state index contributed by atoms with van der Waals surface area (Å²) in [6.45, 7) is 0.750. The second-order valence-electron chi connectivity index (χ2n) is 2.52. The third-order valence-corrected chi connectivity index (χ3v) is 3.06. The molecule has 1 aromatic rings. The van der Waals surface area contributed by atoms with Crippen molar-refractivity contribution in [3.8, 4) is 0 Å². The summed E-state index contributed by atoms with van der Waals surface area (Å²) in [7, 11) is 1.70.